The summed E-state index contributed by atoms with van der Waals surface area (Å²) in [7, 11) is 0. The fraction of sp³-hybridized carbons (Fsp3) is 0.300. The number of rotatable bonds is 4. The second-order valence-electron chi connectivity index (χ2n) is 6.85. The predicted octanol–water partition coefficient (Wildman–Crippen LogP) is 1.98. The number of carbonyl (C=O) groups is 2. The van der Waals surface area contributed by atoms with Crippen molar-refractivity contribution in [3.8, 4) is 23.0 Å². The average Bonchev–Trinajstić information content (AvgIpc) is 2.67. The fourth-order valence-corrected chi connectivity index (χ4v) is 3.31. The van der Waals surface area contributed by atoms with Gasteiger partial charge in [0.25, 0.3) is 11.8 Å². The molecule has 1 aliphatic rings. The molecule has 2 atom stereocenters. The molecule has 8 nitrogen and oxygen atoms in total. The second kappa shape index (κ2) is 8.08. The van der Waals surface area contributed by atoms with Gasteiger partial charge in [0.15, 0.2) is 23.0 Å². The number of amides is 2. The molecule has 28 heavy (non-hydrogen) atoms. The molecule has 0 spiro atoms. The predicted molar refractivity (Wildman–Crippen MR) is 101 cm³/mol. The zero-order valence-corrected chi connectivity index (χ0v) is 15.1. The highest BCUT2D eigenvalue weighted by molar-refractivity contribution is 5.96. The summed E-state index contributed by atoms with van der Waals surface area (Å²) >= 11 is 0. The van der Waals surface area contributed by atoms with Gasteiger partial charge in [-0.05, 0) is 49.2 Å². The van der Waals surface area contributed by atoms with Crippen LogP contribution in [0.4, 0.5) is 0 Å². The van der Waals surface area contributed by atoms with Crippen LogP contribution in [0.5, 0.6) is 23.0 Å². The third-order valence-corrected chi connectivity index (χ3v) is 4.87. The first-order chi connectivity index (χ1) is 13.3. The van der Waals surface area contributed by atoms with Gasteiger partial charge in [0, 0.05) is 23.2 Å². The summed E-state index contributed by atoms with van der Waals surface area (Å²) in [5.74, 6) is -2.21. The molecule has 0 aliphatic heterocycles. The van der Waals surface area contributed by atoms with E-state index in [4.69, 9.17) is 0 Å². The van der Waals surface area contributed by atoms with Crippen molar-refractivity contribution >= 4 is 11.8 Å². The molecular formula is C20H22N2O6. The molecule has 6 N–H and O–H groups in total. The molecule has 148 valence electrons. The van der Waals surface area contributed by atoms with E-state index in [1.165, 1.54) is 36.4 Å². The maximum absolute atomic E-state index is 12.5. The van der Waals surface area contributed by atoms with E-state index in [1.54, 1.807) is 0 Å². The van der Waals surface area contributed by atoms with Crippen LogP contribution in [0.15, 0.2) is 36.4 Å². The quantitative estimate of drug-likeness (QED) is 0.444. The van der Waals surface area contributed by atoms with Crippen molar-refractivity contribution in [2.75, 3.05) is 0 Å². The molecule has 0 heterocycles. The first kappa shape index (κ1) is 19.3. The van der Waals surface area contributed by atoms with Crippen molar-refractivity contribution in [2.24, 2.45) is 0 Å². The van der Waals surface area contributed by atoms with Gasteiger partial charge in [-0.1, -0.05) is 12.8 Å². The van der Waals surface area contributed by atoms with E-state index in [1.807, 2.05) is 0 Å². The zero-order valence-electron chi connectivity index (χ0n) is 15.1. The largest absolute Gasteiger partial charge is 0.504 e. The van der Waals surface area contributed by atoms with E-state index < -0.39 is 11.8 Å². The molecule has 0 saturated heterocycles. The van der Waals surface area contributed by atoms with Crippen LogP contribution in [0.25, 0.3) is 0 Å². The summed E-state index contributed by atoms with van der Waals surface area (Å²) in [6, 6.07) is 7.04. The molecule has 1 saturated carbocycles. The highest BCUT2D eigenvalue weighted by Crippen LogP contribution is 2.27. The number of hydrogen-bond donors (Lipinski definition) is 6. The smallest absolute Gasteiger partial charge is 0.251 e. The zero-order chi connectivity index (χ0) is 20.3. The lowest BCUT2D eigenvalue weighted by Gasteiger charge is -2.33. The second-order valence-corrected chi connectivity index (χ2v) is 6.85. The van der Waals surface area contributed by atoms with Crippen LogP contribution in [0.3, 0.4) is 0 Å². The molecule has 2 aromatic carbocycles. The average molecular weight is 386 g/mol. The molecule has 3 rings (SSSR count). The molecule has 0 aromatic heterocycles. The van der Waals surface area contributed by atoms with Crippen molar-refractivity contribution in [1.29, 1.82) is 0 Å². The number of carbonyl (C=O) groups excluding carboxylic acids is 2. The van der Waals surface area contributed by atoms with Gasteiger partial charge in [-0.15, -0.1) is 0 Å². The van der Waals surface area contributed by atoms with Crippen LogP contribution in [0.1, 0.15) is 46.4 Å². The monoisotopic (exact) mass is 386 g/mol. The fourth-order valence-electron chi connectivity index (χ4n) is 3.31. The summed E-state index contributed by atoms with van der Waals surface area (Å²) < 4.78 is 0. The number of hydrogen-bond acceptors (Lipinski definition) is 6. The lowest BCUT2D eigenvalue weighted by molar-refractivity contribution is 0.0862. The van der Waals surface area contributed by atoms with Crippen LogP contribution < -0.4 is 10.6 Å². The Morgan fingerprint density at radius 2 is 1.07 bits per heavy atom. The summed E-state index contributed by atoms with van der Waals surface area (Å²) in [4.78, 5) is 25.0. The summed E-state index contributed by atoms with van der Waals surface area (Å²) in [6.45, 7) is 0. The lowest BCUT2D eigenvalue weighted by Crippen LogP contribution is -2.53. The van der Waals surface area contributed by atoms with Crippen molar-refractivity contribution in [3.05, 3.63) is 47.5 Å². The molecule has 8 heteroatoms. The Balaban J connectivity index is 1.69. The van der Waals surface area contributed by atoms with Gasteiger partial charge in [0.05, 0.1) is 0 Å². The van der Waals surface area contributed by atoms with E-state index in [-0.39, 0.29) is 46.2 Å². The Hall–Kier alpha value is -3.42. The Morgan fingerprint density at radius 3 is 1.43 bits per heavy atom. The first-order valence-corrected chi connectivity index (χ1v) is 9.01. The minimum Gasteiger partial charge on any atom is -0.504 e. The minimum absolute atomic E-state index is 0.203. The Labute approximate surface area is 161 Å². The van der Waals surface area contributed by atoms with Gasteiger partial charge in [-0.3, -0.25) is 9.59 Å². The lowest BCUT2D eigenvalue weighted by atomic mass is 9.89. The van der Waals surface area contributed by atoms with Crippen molar-refractivity contribution in [1.82, 2.24) is 10.6 Å². The van der Waals surface area contributed by atoms with E-state index in [9.17, 15) is 30.0 Å². The maximum atomic E-state index is 12.5. The first-order valence-electron chi connectivity index (χ1n) is 9.01. The normalized spacial score (nSPS) is 19.0. The van der Waals surface area contributed by atoms with Crippen LogP contribution in [-0.4, -0.2) is 44.3 Å². The van der Waals surface area contributed by atoms with Gasteiger partial charge >= 0.3 is 0 Å². The molecular weight excluding hydrogens is 364 g/mol. The topological polar surface area (TPSA) is 139 Å². The molecule has 1 fully saturated rings. The Bertz CT molecular complexity index is 825. The summed E-state index contributed by atoms with van der Waals surface area (Å²) in [6.07, 6.45) is 3.17. The summed E-state index contributed by atoms with van der Waals surface area (Å²) in [5.41, 5.74) is 0.406. The third-order valence-electron chi connectivity index (χ3n) is 4.87. The third kappa shape index (κ3) is 4.28. The standard InChI is InChI=1S/C20H22N2O6/c23-15-7-5-11(9-17(15)25)19(27)21-13-3-1-2-4-14(13)22-20(28)12-6-8-16(24)18(26)10-12/h5-10,13-14,23-26H,1-4H2,(H,21,27)(H,22,28). The highest BCUT2D eigenvalue weighted by atomic mass is 16.3. The van der Waals surface area contributed by atoms with Crippen LogP contribution in [-0.2, 0) is 0 Å². The molecule has 0 radical (unpaired) electrons. The van der Waals surface area contributed by atoms with E-state index in [2.05, 4.69) is 10.6 Å². The molecule has 1 aliphatic carbocycles. The van der Waals surface area contributed by atoms with E-state index in [0.717, 1.165) is 12.8 Å². The van der Waals surface area contributed by atoms with Crippen LogP contribution in [0.2, 0.25) is 0 Å². The van der Waals surface area contributed by atoms with Gasteiger partial charge in [0.2, 0.25) is 0 Å². The SMILES string of the molecule is O=C(NC1CCCCC1NC(=O)c1ccc(O)c(O)c1)c1ccc(O)c(O)c1. The van der Waals surface area contributed by atoms with E-state index >= 15 is 0 Å². The summed E-state index contributed by atoms with van der Waals surface area (Å²) in [5, 5.41) is 43.6. The molecule has 2 amide bonds. The number of aromatic hydroxyl groups is 4. The van der Waals surface area contributed by atoms with Crippen molar-refractivity contribution < 1.29 is 30.0 Å². The number of phenolic OH excluding ortho intramolecular Hbond substituents is 4. The minimum atomic E-state index is -0.413. The Morgan fingerprint density at radius 1 is 0.679 bits per heavy atom. The van der Waals surface area contributed by atoms with Crippen molar-refractivity contribution in [3.63, 3.8) is 0 Å². The maximum Gasteiger partial charge on any atom is 0.251 e. The molecule has 2 unspecified atom stereocenters. The van der Waals surface area contributed by atoms with Gasteiger partial charge in [-0.2, -0.15) is 0 Å². The van der Waals surface area contributed by atoms with Crippen LogP contribution in [0, 0.1) is 0 Å². The van der Waals surface area contributed by atoms with Gasteiger partial charge in [0.1, 0.15) is 0 Å². The van der Waals surface area contributed by atoms with Crippen molar-refractivity contribution in [2.45, 2.75) is 37.8 Å². The molecule has 2 aromatic rings. The highest BCUT2D eigenvalue weighted by Gasteiger charge is 2.28. The van der Waals surface area contributed by atoms with E-state index in [0.29, 0.717) is 12.8 Å². The number of nitrogens with one attached hydrogen (secondary N) is 2. The Kier molecular flexibility index (Phi) is 5.58. The van der Waals surface area contributed by atoms with Gasteiger partial charge < -0.3 is 31.1 Å². The molecule has 0 bridgehead atoms. The van der Waals surface area contributed by atoms with Gasteiger partial charge in [-0.25, -0.2) is 0 Å². The number of benzene rings is 2. The number of phenols is 4. The van der Waals surface area contributed by atoms with Crippen LogP contribution >= 0.6 is 0 Å².